The van der Waals surface area contributed by atoms with Crippen LogP contribution in [0, 0.1) is 5.92 Å². The van der Waals surface area contributed by atoms with E-state index in [0.29, 0.717) is 1.43 Å². The van der Waals surface area contributed by atoms with Gasteiger partial charge < -0.3 is 0 Å². The van der Waals surface area contributed by atoms with E-state index in [9.17, 15) is 0 Å². The van der Waals surface area contributed by atoms with Gasteiger partial charge >= 0.3 is 0 Å². The van der Waals surface area contributed by atoms with E-state index < -0.39 is 0 Å². The Hall–Kier alpha value is 1.46. The predicted octanol–water partition coefficient (Wildman–Crippen LogP) is 5.32. The monoisotopic (exact) mass is 406 g/mol. The second kappa shape index (κ2) is 6.13. The molecule has 0 unspecified atom stereocenters. The van der Waals surface area contributed by atoms with Crippen LogP contribution >= 0.6 is 45.2 Å². The summed E-state index contributed by atoms with van der Waals surface area (Å²) in [6.07, 6.45) is 11.7. The third-order valence-electron chi connectivity index (χ3n) is 3.08. The summed E-state index contributed by atoms with van der Waals surface area (Å²) < 4.78 is 0.532. The van der Waals surface area contributed by atoms with E-state index in [0.717, 1.165) is 5.92 Å². The van der Waals surface area contributed by atoms with E-state index in [1.807, 2.05) is 0 Å². The second-order valence-corrected chi connectivity index (χ2v) is 10.5. The van der Waals surface area contributed by atoms with E-state index in [2.05, 4.69) is 52.1 Å². The maximum absolute atomic E-state index is 2.64. The molecule has 0 aromatic heterocycles. The highest BCUT2D eigenvalue weighted by Gasteiger charge is 2.25. The lowest BCUT2D eigenvalue weighted by atomic mass is 9.94. The summed E-state index contributed by atoms with van der Waals surface area (Å²) in [4.78, 5) is 0. The molecule has 1 fully saturated rings. The average Bonchev–Trinajstić information content (AvgIpc) is 2.32. The lowest BCUT2D eigenvalue weighted by Crippen LogP contribution is -2.15. The van der Waals surface area contributed by atoms with Gasteiger partial charge in [0.2, 0.25) is 0 Å². The SMILES string of the molecule is CCC(I)(I)CC1CCCCCC1. The fourth-order valence-corrected chi connectivity index (χ4v) is 3.38. The molecule has 1 rings (SSSR count). The fourth-order valence-electron chi connectivity index (χ4n) is 2.13. The molecule has 0 nitrogen and oxygen atoms in total. The molecule has 0 saturated heterocycles. The third-order valence-corrected chi connectivity index (χ3v) is 5.49. The van der Waals surface area contributed by atoms with Crippen molar-refractivity contribution in [3.63, 3.8) is 0 Å². The van der Waals surface area contributed by atoms with Crippen LogP contribution in [0.15, 0.2) is 0 Å². The van der Waals surface area contributed by atoms with Crippen LogP contribution < -0.4 is 0 Å². The highest BCUT2D eigenvalue weighted by molar-refractivity contribution is 14.2. The molecule has 0 aromatic rings. The summed E-state index contributed by atoms with van der Waals surface area (Å²) in [7, 11) is 0. The maximum Gasteiger partial charge on any atom is 0.0734 e. The van der Waals surface area contributed by atoms with E-state index >= 15 is 0 Å². The average molecular weight is 406 g/mol. The molecule has 13 heavy (non-hydrogen) atoms. The summed E-state index contributed by atoms with van der Waals surface area (Å²) in [5.41, 5.74) is 0. The summed E-state index contributed by atoms with van der Waals surface area (Å²) in [6.45, 7) is 2.32. The van der Waals surface area contributed by atoms with Crippen LogP contribution in [0.5, 0.6) is 0 Å². The summed E-state index contributed by atoms with van der Waals surface area (Å²) in [6, 6.07) is 0. The predicted molar refractivity (Wildman–Crippen MR) is 76.9 cm³/mol. The van der Waals surface area contributed by atoms with E-state index in [-0.39, 0.29) is 0 Å². The van der Waals surface area contributed by atoms with E-state index in [4.69, 9.17) is 0 Å². The van der Waals surface area contributed by atoms with Gasteiger partial charge in [-0.05, 0) is 18.8 Å². The van der Waals surface area contributed by atoms with Crippen LogP contribution in [0.25, 0.3) is 0 Å². The Bertz CT molecular complexity index is 135. The van der Waals surface area contributed by atoms with Gasteiger partial charge in [-0.25, -0.2) is 0 Å². The molecule has 0 aromatic carbocycles. The fraction of sp³-hybridized carbons (Fsp3) is 1.00. The van der Waals surface area contributed by atoms with Crippen molar-refractivity contribution in [2.75, 3.05) is 0 Å². The van der Waals surface area contributed by atoms with Crippen molar-refractivity contribution in [3.8, 4) is 0 Å². The molecule has 0 atom stereocenters. The highest BCUT2D eigenvalue weighted by Crippen LogP contribution is 2.41. The van der Waals surface area contributed by atoms with Crippen LogP contribution in [-0.2, 0) is 0 Å². The molecule has 0 heterocycles. The first-order chi connectivity index (χ1) is 6.14. The standard InChI is InChI=1S/C11H20I2/c1-2-11(12,13)9-10-7-5-3-4-6-8-10/h10H,2-9H2,1H3. The maximum atomic E-state index is 2.64. The Morgan fingerprint density at radius 2 is 1.62 bits per heavy atom. The number of hydrogen-bond donors (Lipinski definition) is 0. The summed E-state index contributed by atoms with van der Waals surface area (Å²) >= 11 is 5.28. The van der Waals surface area contributed by atoms with Gasteiger partial charge in [0.1, 0.15) is 0 Å². The van der Waals surface area contributed by atoms with E-state index in [1.165, 1.54) is 51.4 Å². The molecule has 0 radical (unpaired) electrons. The molecule has 78 valence electrons. The molecule has 0 amide bonds. The van der Waals surface area contributed by atoms with Gasteiger partial charge in [0.15, 0.2) is 0 Å². The van der Waals surface area contributed by atoms with Gasteiger partial charge in [-0.2, -0.15) is 0 Å². The van der Waals surface area contributed by atoms with Crippen molar-refractivity contribution in [2.45, 2.75) is 59.7 Å². The van der Waals surface area contributed by atoms with Crippen LogP contribution in [0.4, 0.5) is 0 Å². The zero-order chi connectivity index (χ0) is 9.73. The molecule has 0 aliphatic heterocycles. The quantitative estimate of drug-likeness (QED) is 0.338. The molecule has 0 N–H and O–H groups in total. The molecule has 2 heteroatoms. The molecule has 1 aliphatic carbocycles. The Labute approximate surface area is 110 Å². The Morgan fingerprint density at radius 1 is 1.08 bits per heavy atom. The molecule has 1 aliphatic rings. The van der Waals surface area contributed by atoms with Crippen LogP contribution in [0.1, 0.15) is 58.3 Å². The zero-order valence-corrected chi connectivity index (χ0v) is 12.8. The minimum atomic E-state index is 0.532. The normalized spacial score (nSPS) is 21.5. The van der Waals surface area contributed by atoms with Crippen LogP contribution in [0.3, 0.4) is 0 Å². The van der Waals surface area contributed by atoms with E-state index in [1.54, 1.807) is 0 Å². The number of halogens is 2. The summed E-state index contributed by atoms with van der Waals surface area (Å²) in [5.74, 6) is 1.02. The minimum absolute atomic E-state index is 0.532. The van der Waals surface area contributed by atoms with Crippen molar-refractivity contribution in [1.29, 1.82) is 0 Å². The zero-order valence-electron chi connectivity index (χ0n) is 8.49. The van der Waals surface area contributed by atoms with Crippen molar-refractivity contribution in [2.24, 2.45) is 5.92 Å². The topological polar surface area (TPSA) is 0 Å². The number of rotatable bonds is 3. The van der Waals surface area contributed by atoms with Crippen molar-refractivity contribution < 1.29 is 0 Å². The number of alkyl halides is 2. The van der Waals surface area contributed by atoms with Crippen LogP contribution in [0.2, 0.25) is 0 Å². The molecule has 1 saturated carbocycles. The Balaban J connectivity index is 2.33. The van der Waals surface area contributed by atoms with Gasteiger partial charge in [0.05, 0.1) is 1.43 Å². The Morgan fingerprint density at radius 3 is 2.08 bits per heavy atom. The summed E-state index contributed by atoms with van der Waals surface area (Å²) in [5, 5.41) is 0. The minimum Gasteiger partial charge on any atom is -0.0672 e. The highest BCUT2D eigenvalue weighted by atomic mass is 127. The first kappa shape index (κ1) is 12.5. The van der Waals surface area contributed by atoms with Gasteiger partial charge in [0, 0.05) is 0 Å². The lowest BCUT2D eigenvalue weighted by molar-refractivity contribution is 0.419. The van der Waals surface area contributed by atoms with Gasteiger partial charge in [-0.3, -0.25) is 0 Å². The van der Waals surface area contributed by atoms with Gasteiger partial charge in [-0.1, -0.05) is 90.6 Å². The Kier molecular flexibility index (Phi) is 5.91. The largest absolute Gasteiger partial charge is 0.0734 e. The number of hydrogen-bond acceptors (Lipinski definition) is 0. The smallest absolute Gasteiger partial charge is 0.0672 e. The molecular formula is C11H20I2. The molecular weight excluding hydrogens is 386 g/mol. The molecule has 0 bridgehead atoms. The van der Waals surface area contributed by atoms with Gasteiger partial charge in [0.25, 0.3) is 0 Å². The third kappa shape index (κ3) is 5.19. The van der Waals surface area contributed by atoms with Crippen molar-refractivity contribution in [3.05, 3.63) is 0 Å². The van der Waals surface area contributed by atoms with Crippen molar-refractivity contribution >= 4 is 45.2 Å². The first-order valence-electron chi connectivity index (χ1n) is 5.52. The first-order valence-corrected chi connectivity index (χ1v) is 7.67. The van der Waals surface area contributed by atoms with Gasteiger partial charge in [-0.15, -0.1) is 0 Å². The van der Waals surface area contributed by atoms with Crippen LogP contribution in [-0.4, -0.2) is 1.43 Å². The van der Waals surface area contributed by atoms with Crippen molar-refractivity contribution in [1.82, 2.24) is 0 Å². The second-order valence-electron chi connectivity index (χ2n) is 4.27. The lowest BCUT2D eigenvalue weighted by Gasteiger charge is -2.24. The molecule has 0 spiro atoms.